The number of benzene rings is 1. The topological polar surface area (TPSA) is 29.1 Å². The highest BCUT2D eigenvalue weighted by molar-refractivity contribution is 7.99. The third-order valence-corrected chi connectivity index (χ3v) is 2.49. The molecule has 0 saturated carbocycles. The maximum Gasteiger partial charge on any atom is 0.288 e. The van der Waals surface area contributed by atoms with Gasteiger partial charge in [0.05, 0.1) is 10.7 Å². The molecule has 6 heteroatoms. The Morgan fingerprint density at radius 3 is 2.67 bits per heavy atom. The van der Waals surface area contributed by atoms with Crippen LogP contribution in [0.4, 0.5) is 14.5 Å². The number of halogens is 3. The van der Waals surface area contributed by atoms with Gasteiger partial charge in [0.15, 0.2) is 0 Å². The van der Waals surface area contributed by atoms with Crippen LogP contribution in [0.25, 0.3) is 0 Å². The summed E-state index contributed by atoms with van der Waals surface area (Å²) in [6.07, 6.45) is 0. The number of hydrogen-bond acceptors (Lipinski definition) is 2. The minimum atomic E-state index is -2.48. The van der Waals surface area contributed by atoms with Gasteiger partial charge in [-0.15, -0.1) is 0 Å². The van der Waals surface area contributed by atoms with Gasteiger partial charge in [-0.25, -0.2) is 0 Å². The highest BCUT2D eigenvalue weighted by Gasteiger charge is 2.08. The molecule has 0 unspecified atom stereocenters. The van der Waals surface area contributed by atoms with Gasteiger partial charge < -0.3 is 5.32 Å². The average Bonchev–Trinajstić information content (AvgIpc) is 2.08. The van der Waals surface area contributed by atoms with E-state index >= 15 is 0 Å². The Bertz CT molecular complexity index is 373. The van der Waals surface area contributed by atoms with Crippen LogP contribution in [-0.4, -0.2) is 11.7 Å². The summed E-state index contributed by atoms with van der Waals surface area (Å²) >= 11 is 6.19. The molecule has 15 heavy (non-hydrogen) atoms. The molecular weight excluding hydrogens is 244 g/mol. The van der Waals surface area contributed by atoms with Crippen LogP contribution in [0.5, 0.6) is 0 Å². The largest absolute Gasteiger partial charge is 0.325 e. The van der Waals surface area contributed by atoms with Gasteiger partial charge in [0.2, 0.25) is 5.91 Å². The van der Waals surface area contributed by atoms with E-state index in [1.54, 1.807) is 0 Å². The zero-order valence-electron chi connectivity index (χ0n) is 7.76. The lowest BCUT2D eigenvalue weighted by Gasteiger charge is -2.06. The van der Waals surface area contributed by atoms with Crippen molar-refractivity contribution >= 4 is 35.0 Å². The molecule has 0 radical (unpaired) electrons. The van der Waals surface area contributed by atoms with Gasteiger partial charge >= 0.3 is 0 Å². The normalized spacial score (nSPS) is 10.5. The van der Waals surface area contributed by atoms with Gasteiger partial charge in [-0.05, 0) is 18.2 Å². The summed E-state index contributed by atoms with van der Waals surface area (Å²) in [5, 5.41) is 2.73. The first-order chi connectivity index (χ1) is 6.99. The second kappa shape index (κ2) is 5.32. The molecule has 0 aliphatic rings. The monoisotopic (exact) mass is 251 g/mol. The summed E-state index contributed by atoms with van der Waals surface area (Å²) < 4.78 is 24.0. The van der Waals surface area contributed by atoms with Crippen LogP contribution in [0.1, 0.15) is 6.92 Å². The molecular formula is C9H8ClF2NOS. The molecule has 0 aliphatic carbocycles. The van der Waals surface area contributed by atoms with Crippen molar-refractivity contribution in [3.63, 3.8) is 0 Å². The first-order valence-corrected chi connectivity index (χ1v) is 5.27. The summed E-state index contributed by atoms with van der Waals surface area (Å²) in [7, 11) is 0. The molecule has 0 saturated heterocycles. The van der Waals surface area contributed by atoms with Crippen molar-refractivity contribution < 1.29 is 13.6 Å². The van der Waals surface area contributed by atoms with E-state index in [0.29, 0.717) is 22.3 Å². The summed E-state index contributed by atoms with van der Waals surface area (Å²) in [5.41, 5.74) is 0.419. The molecule has 1 amide bonds. The lowest BCUT2D eigenvalue weighted by molar-refractivity contribution is -0.114. The van der Waals surface area contributed by atoms with Crippen LogP contribution < -0.4 is 5.32 Å². The lowest BCUT2D eigenvalue weighted by Crippen LogP contribution is -2.06. The van der Waals surface area contributed by atoms with Gasteiger partial charge in [-0.2, -0.15) is 8.78 Å². The number of nitrogens with one attached hydrogen (secondary N) is 1. The molecule has 82 valence electrons. The predicted molar refractivity (Wildman–Crippen MR) is 57.6 cm³/mol. The minimum absolute atomic E-state index is 0.246. The highest BCUT2D eigenvalue weighted by atomic mass is 35.5. The highest BCUT2D eigenvalue weighted by Crippen LogP contribution is 2.31. The SMILES string of the molecule is CC(=O)Nc1ccc(SC(F)F)cc1Cl. The maximum atomic E-state index is 12.0. The molecule has 0 atom stereocenters. The zero-order valence-corrected chi connectivity index (χ0v) is 9.33. The Morgan fingerprint density at radius 2 is 2.20 bits per heavy atom. The van der Waals surface area contributed by atoms with Crippen molar-refractivity contribution in [2.24, 2.45) is 0 Å². The Kier molecular flexibility index (Phi) is 4.35. The molecule has 1 N–H and O–H groups in total. The van der Waals surface area contributed by atoms with Gasteiger partial charge in [-0.1, -0.05) is 23.4 Å². The third-order valence-electron chi connectivity index (χ3n) is 1.48. The van der Waals surface area contributed by atoms with E-state index in [1.165, 1.54) is 25.1 Å². The minimum Gasteiger partial charge on any atom is -0.325 e. The molecule has 1 rings (SSSR count). The van der Waals surface area contributed by atoms with E-state index in [1.807, 2.05) is 0 Å². The predicted octanol–water partition coefficient (Wildman–Crippen LogP) is 3.61. The molecule has 2 nitrogen and oxygen atoms in total. The van der Waals surface area contributed by atoms with E-state index in [-0.39, 0.29) is 10.9 Å². The Labute approximate surface area is 95.0 Å². The Morgan fingerprint density at radius 1 is 1.53 bits per heavy atom. The number of carbonyl (C=O) groups excluding carboxylic acids is 1. The fourth-order valence-corrected chi connectivity index (χ4v) is 1.79. The van der Waals surface area contributed by atoms with Crippen molar-refractivity contribution in [2.45, 2.75) is 17.6 Å². The molecule has 0 spiro atoms. The first-order valence-electron chi connectivity index (χ1n) is 4.01. The van der Waals surface area contributed by atoms with Gasteiger partial charge in [-0.3, -0.25) is 4.79 Å². The number of anilines is 1. The van der Waals surface area contributed by atoms with Crippen molar-refractivity contribution in [3.8, 4) is 0 Å². The molecule has 0 fully saturated rings. The summed E-state index contributed by atoms with van der Waals surface area (Å²) in [6.45, 7) is 1.35. The number of thioether (sulfide) groups is 1. The first kappa shape index (κ1) is 12.3. The van der Waals surface area contributed by atoms with E-state index in [4.69, 9.17) is 11.6 Å². The summed E-state index contributed by atoms with van der Waals surface area (Å²) in [5.74, 6) is -2.74. The molecule has 0 heterocycles. The maximum absolute atomic E-state index is 12.0. The fourth-order valence-electron chi connectivity index (χ4n) is 0.963. The van der Waals surface area contributed by atoms with Gasteiger partial charge in [0.1, 0.15) is 0 Å². The molecule has 1 aromatic rings. The van der Waals surface area contributed by atoms with Crippen LogP contribution in [0.3, 0.4) is 0 Å². The lowest BCUT2D eigenvalue weighted by atomic mass is 10.3. The van der Waals surface area contributed by atoms with Crippen LogP contribution in [0.2, 0.25) is 5.02 Å². The number of hydrogen-bond donors (Lipinski definition) is 1. The number of alkyl halides is 2. The van der Waals surface area contributed by atoms with E-state index < -0.39 is 5.76 Å². The molecule has 0 bridgehead atoms. The van der Waals surface area contributed by atoms with Crippen molar-refractivity contribution in [1.82, 2.24) is 0 Å². The zero-order chi connectivity index (χ0) is 11.4. The van der Waals surface area contributed by atoms with Crippen LogP contribution in [-0.2, 0) is 4.79 Å². The number of carbonyl (C=O) groups is 1. The van der Waals surface area contributed by atoms with E-state index in [2.05, 4.69) is 5.32 Å². The molecule has 0 aliphatic heterocycles. The van der Waals surface area contributed by atoms with Crippen molar-refractivity contribution in [3.05, 3.63) is 23.2 Å². The Balaban J connectivity index is 2.83. The van der Waals surface area contributed by atoms with Gasteiger partial charge in [0, 0.05) is 11.8 Å². The van der Waals surface area contributed by atoms with Crippen LogP contribution in [0, 0.1) is 0 Å². The second-order valence-electron chi connectivity index (χ2n) is 2.70. The third kappa shape index (κ3) is 4.05. The van der Waals surface area contributed by atoms with Crippen LogP contribution >= 0.6 is 23.4 Å². The smallest absolute Gasteiger partial charge is 0.288 e. The van der Waals surface area contributed by atoms with Crippen molar-refractivity contribution in [1.29, 1.82) is 0 Å². The molecule has 1 aromatic carbocycles. The number of rotatable bonds is 3. The molecule has 0 aromatic heterocycles. The van der Waals surface area contributed by atoms with Gasteiger partial charge in [0.25, 0.3) is 5.76 Å². The van der Waals surface area contributed by atoms with Crippen LogP contribution in [0.15, 0.2) is 23.1 Å². The standard InChI is InChI=1S/C9H8ClF2NOS/c1-5(14)13-8-3-2-6(4-7(8)10)15-9(11)12/h2-4,9H,1H3,(H,13,14). The summed E-state index contributed by atoms with van der Waals surface area (Å²) in [6, 6.07) is 4.37. The summed E-state index contributed by atoms with van der Waals surface area (Å²) in [4.78, 5) is 11.1. The fraction of sp³-hybridized carbons (Fsp3) is 0.222. The quantitative estimate of drug-likeness (QED) is 0.832. The number of amides is 1. The van der Waals surface area contributed by atoms with E-state index in [0.717, 1.165) is 0 Å². The van der Waals surface area contributed by atoms with Crippen molar-refractivity contribution in [2.75, 3.05) is 5.32 Å². The average molecular weight is 252 g/mol. The Hall–Kier alpha value is -0.810. The van der Waals surface area contributed by atoms with E-state index in [9.17, 15) is 13.6 Å². The second-order valence-corrected chi connectivity index (χ2v) is 4.17.